The Morgan fingerprint density at radius 2 is 1.79 bits per heavy atom. The van der Waals surface area contributed by atoms with E-state index in [9.17, 15) is 19.7 Å². The number of hydrogen-bond donors (Lipinski definition) is 2. The molecule has 3 rings (SSSR count). The maximum atomic E-state index is 12.7. The highest BCUT2D eigenvalue weighted by molar-refractivity contribution is 7.99. The van der Waals surface area contributed by atoms with Gasteiger partial charge in [0.2, 0.25) is 0 Å². The predicted octanol–water partition coefficient (Wildman–Crippen LogP) is 4.13. The van der Waals surface area contributed by atoms with Crippen molar-refractivity contribution in [3.05, 3.63) is 68.7 Å². The van der Waals surface area contributed by atoms with Crippen LogP contribution in [-0.2, 0) is 0 Å². The Kier molecular flexibility index (Phi) is 6.53. The largest absolute Gasteiger partial charge is 0.349 e. The van der Waals surface area contributed by atoms with Gasteiger partial charge in [-0.25, -0.2) is 0 Å². The third kappa shape index (κ3) is 4.82. The van der Waals surface area contributed by atoms with Crippen molar-refractivity contribution in [1.82, 2.24) is 5.32 Å². The Morgan fingerprint density at radius 3 is 2.46 bits per heavy atom. The summed E-state index contributed by atoms with van der Waals surface area (Å²) < 4.78 is 0. The normalized spacial score (nSPS) is 14.3. The molecule has 1 fully saturated rings. The van der Waals surface area contributed by atoms with Gasteiger partial charge in [0.1, 0.15) is 0 Å². The van der Waals surface area contributed by atoms with Crippen LogP contribution in [0.3, 0.4) is 0 Å². The van der Waals surface area contributed by atoms with Gasteiger partial charge >= 0.3 is 0 Å². The first kappa shape index (κ1) is 20.2. The topological polar surface area (TPSA) is 101 Å². The maximum absolute atomic E-state index is 12.7. The van der Waals surface area contributed by atoms with Crippen molar-refractivity contribution in [2.75, 3.05) is 16.8 Å². The Hall–Kier alpha value is -2.58. The molecule has 0 unspecified atom stereocenters. The zero-order chi connectivity index (χ0) is 20.1. The third-order valence-electron chi connectivity index (χ3n) is 4.38. The van der Waals surface area contributed by atoms with Gasteiger partial charge in [-0.3, -0.25) is 19.7 Å². The summed E-state index contributed by atoms with van der Waals surface area (Å²) in [5.41, 5.74) is 0.593. The second kappa shape index (κ2) is 9.07. The average molecular weight is 420 g/mol. The van der Waals surface area contributed by atoms with E-state index in [1.165, 1.54) is 12.1 Å². The highest BCUT2D eigenvalue weighted by Crippen LogP contribution is 2.25. The molecule has 0 spiro atoms. The van der Waals surface area contributed by atoms with Crippen molar-refractivity contribution in [3.63, 3.8) is 0 Å². The Balaban J connectivity index is 1.76. The lowest BCUT2D eigenvalue weighted by atomic mass is 10.1. The second-order valence-electron chi connectivity index (χ2n) is 6.28. The van der Waals surface area contributed by atoms with Gasteiger partial charge in [-0.1, -0.05) is 23.7 Å². The number of halogens is 1. The van der Waals surface area contributed by atoms with Crippen molar-refractivity contribution >= 4 is 46.6 Å². The lowest BCUT2D eigenvalue weighted by molar-refractivity contribution is -0.384. The van der Waals surface area contributed by atoms with Crippen LogP contribution in [-0.4, -0.2) is 34.3 Å². The minimum atomic E-state index is -0.586. The van der Waals surface area contributed by atoms with Gasteiger partial charge in [0, 0.05) is 18.2 Å². The van der Waals surface area contributed by atoms with E-state index < -0.39 is 10.8 Å². The molecule has 0 aliphatic carbocycles. The van der Waals surface area contributed by atoms with Gasteiger partial charge in [0.25, 0.3) is 17.5 Å². The molecule has 2 aromatic carbocycles. The second-order valence-corrected chi connectivity index (χ2v) is 7.91. The number of nitrogens with zero attached hydrogens (tertiary/aromatic N) is 1. The number of benzene rings is 2. The van der Waals surface area contributed by atoms with Crippen LogP contribution in [0.15, 0.2) is 42.5 Å². The quantitative estimate of drug-likeness (QED) is 0.560. The average Bonchev–Trinajstić information content (AvgIpc) is 2.68. The van der Waals surface area contributed by atoms with Gasteiger partial charge in [-0.15, -0.1) is 0 Å². The monoisotopic (exact) mass is 419 g/mol. The van der Waals surface area contributed by atoms with Crippen LogP contribution >= 0.6 is 23.4 Å². The van der Waals surface area contributed by atoms with Crippen molar-refractivity contribution in [2.24, 2.45) is 0 Å². The number of carbonyl (C=O) groups excluding carboxylic acids is 2. The molecule has 0 radical (unpaired) electrons. The first-order valence-electron chi connectivity index (χ1n) is 8.68. The molecule has 0 atom stereocenters. The number of rotatable bonds is 5. The summed E-state index contributed by atoms with van der Waals surface area (Å²) in [5, 5.41) is 16.5. The minimum Gasteiger partial charge on any atom is -0.349 e. The van der Waals surface area contributed by atoms with Gasteiger partial charge in [0.15, 0.2) is 0 Å². The lowest BCUT2D eigenvalue weighted by Crippen LogP contribution is -2.37. The summed E-state index contributed by atoms with van der Waals surface area (Å²) in [7, 11) is 0. The number of anilines is 1. The zero-order valence-corrected chi connectivity index (χ0v) is 16.4. The molecule has 1 saturated heterocycles. The Labute approximate surface area is 171 Å². The van der Waals surface area contributed by atoms with Crippen molar-refractivity contribution in [2.45, 2.75) is 18.9 Å². The fraction of sp³-hybridized carbons (Fsp3) is 0.263. The van der Waals surface area contributed by atoms with Crippen LogP contribution in [0.2, 0.25) is 5.02 Å². The number of nitro benzene ring substituents is 1. The standard InChI is InChI=1S/C19H18ClN3O4S/c20-16-11-13(23(26)27)5-6-14(16)18(24)22-17-4-2-1-3-15(17)19(25)21-12-7-9-28-10-8-12/h1-6,11-12H,7-10H2,(H,21,25)(H,22,24). The SMILES string of the molecule is O=C(Nc1ccccc1C(=O)NC1CCSCC1)c1ccc([N+](=O)[O-])cc1Cl. The molecule has 2 aromatic rings. The third-order valence-corrected chi connectivity index (χ3v) is 5.75. The molecule has 146 valence electrons. The van der Waals surface area contributed by atoms with E-state index >= 15 is 0 Å². The van der Waals surface area contributed by atoms with Gasteiger partial charge < -0.3 is 10.6 Å². The molecule has 1 aliphatic rings. The molecule has 0 bridgehead atoms. The highest BCUT2D eigenvalue weighted by Gasteiger charge is 2.21. The number of non-ortho nitro benzene ring substituents is 1. The number of thioether (sulfide) groups is 1. The first-order valence-corrected chi connectivity index (χ1v) is 10.2. The molecule has 7 nitrogen and oxygen atoms in total. The number of carbonyl (C=O) groups is 2. The van der Waals surface area contributed by atoms with Crippen LogP contribution in [0.25, 0.3) is 0 Å². The smallest absolute Gasteiger partial charge is 0.270 e. The summed E-state index contributed by atoms with van der Waals surface area (Å²) >= 11 is 7.89. The van der Waals surface area contributed by atoms with E-state index in [1.807, 2.05) is 11.8 Å². The number of nitro groups is 1. The van der Waals surface area contributed by atoms with Gasteiger partial charge in [0.05, 0.1) is 26.8 Å². The molecular formula is C19H18ClN3O4S. The number of hydrogen-bond acceptors (Lipinski definition) is 5. The molecule has 2 amide bonds. The summed E-state index contributed by atoms with van der Waals surface area (Å²) in [6.07, 6.45) is 1.84. The van der Waals surface area contributed by atoms with Gasteiger partial charge in [-0.2, -0.15) is 11.8 Å². The van der Waals surface area contributed by atoms with Crippen molar-refractivity contribution in [1.29, 1.82) is 0 Å². The summed E-state index contributed by atoms with van der Waals surface area (Å²) in [6.45, 7) is 0. The van der Waals surface area contributed by atoms with E-state index in [-0.39, 0.29) is 28.2 Å². The van der Waals surface area contributed by atoms with Crippen LogP contribution < -0.4 is 10.6 Å². The van der Waals surface area contributed by atoms with Crippen LogP contribution in [0.1, 0.15) is 33.6 Å². The lowest BCUT2D eigenvalue weighted by Gasteiger charge is -2.23. The van der Waals surface area contributed by atoms with E-state index in [0.717, 1.165) is 30.4 Å². The molecule has 28 heavy (non-hydrogen) atoms. The molecule has 0 saturated carbocycles. The Bertz CT molecular complexity index is 916. The fourth-order valence-electron chi connectivity index (χ4n) is 2.89. The molecule has 1 heterocycles. The van der Waals surface area contributed by atoms with E-state index in [4.69, 9.17) is 11.6 Å². The van der Waals surface area contributed by atoms with Crippen LogP contribution in [0.4, 0.5) is 11.4 Å². The summed E-state index contributed by atoms with van der Waals surface area (Å²) in [4.78, 5) is 35.5. The molecule has 1 aliphatic heterocycles. The van der Waals surface area contributed by atoms with E-state index in [1.54, 1.807) is 24.3 Å². The summed E-state index contributed by atoms with van der Waals surface area (Å²) in [6, 6.07) is 10.4. The maximum Gasteiger partial charge on any atom is 0.270 e. The van der Waals surface area contributed by atoms with Crippen LogP contribution in [0, 0.1) is 10.1 Å². The summed E-state index contributed by atoms with van der Waals surface area (Å²) in [5.74, 6) is 1.24. The molecule has 9 heteroatoms. The fourth-order valence-corrected chi connectivity index (χ4v) is 4.25. The van der Waals surface area contributed by atoms with E-state index in [0.29, 0.717) is 11.3 Å². The van der Waals surface area contributed by atoms with Crippen LogP contribution in [0.5, 0.6) is 0 Å². The number of para-hydroxylation sites is 1. The van der Waals surface area contributed by atoms with Gasteiger partial charge in [-0.05, 0) is 42.5 Å². The van der Waals surface area contributed by atoms with Crippen molar-refractivity contribution in [3.8, 4) is 0 Å². The molecular weight excluding hydrogens is 402 g/mol. The Morgan fingerprint density at radius 1 is 1.07 bits per heavy atom. The number of amides is 2. The predicted molar refractivity (Wildman–Crippen MR) is 110 cm³/mol. The molecule has 0 aromatic heterocycles. The zero-order valence-electron chi connectivity index (χ0n) is 14.8. The highest BCUT2D eigenvalue weighted by atomic mass is 35.5. The minimum absolute atomic E-state index is 0.0339. The molecule has 2 N–H and O–H groups in total. The first-order chi connectivity index (χ1) is 13.5. The van der Waals surface area contributed by atoms with Crippen molar-refractivity contribution < 1.29 is 14.5 Å². The number of nitrogens with one attached hydrogen (secondary N) is 2. The van der Waals surface area contributed by atoms with E-state index in [2.05, 4.69) is 10.6 Å².